The second kappa shape index (κ2) is 6.30. The van der Waals surface area contributed by atoms with Gasteiger partial charge in [0.1, 0.15) is 0 Å². The third-order valence-electron chi connectivity index (χ3n) is 5.87. The van der Waals surface area contributed by atoms with E-state index in [4.69, 9.17) is 0 Å². The van der Waals surface area contributed by atoms with Gasteiger partial charge in [-0.2, -0.15) is 0 Å². The van der Waals surface area contributed by atoms with Crippen LogP contribution in [0.25, 0.3) is 0 Å². The Kier molecular flexibility index (Phi) is 4.65. The van der Waals surface area contributed by atoms with Gasteiger partial charge in [0, 0.05) is 45.3 Å². The quantitative estimate of drug-likeness (QED) is 0.821. The van der Waals surface area contributed by atoms with E-state index < -0.39 is 0 Å². The molecule has 0 bridgehead atoms. The molecule has 0 amide bonds. The molecule has 116 valence electrons. The maximum atomic E-state index is 3.52. The van der Waals surface area contributed by atoms with Crippen molar-refractivity contribution in [3.8, 4) is 0 Å². The molecule has 3 aliphatic rings. The Morgan fingerprint density at radius 2 is 1.70 bits per heavy atom. The van der Waals surface area contributed by atoms with Gasteiger partial charge in [-0.15, -0.1) is 0 Å². The SMILES string of the molecule is C[C@@H](CN1CCN(C)CC1)N1CCC2(CCNCC2)C1. The van der Waals surface area contributed by atoms with Gasteiger partial charge in [0.15, 0.2) is 0 Å². The molecule has 0 aliphatic carbocycles. The van der Waals surface area contributed by atoms with Gasteiger partial charge in [0.2, 0.25) is 0 Å². The number of nitrogens with zero attached hydrogens (tertiary/aromatic N) is 3. The monoisotopic (exact) mass is 280 g/mol. The van der Waals surface area contributed by atoms with Crippen molar-refractivity contribution >= 4 is 0 Å². The second-order valence-corrected chi connectivity index (χ2v) is 7.42. The summed E-state index contributed by atoms with van der Waals surface area (Å²) in [4.78, 5) is 7.88. The number of likely N-dealkylation sites (N-methyl/N-ethyl adjacent to an activating group) is 1. The molecule has 0 aromatic heterocycles. The first kappa shape index (κ1) is 14.8. The van der Waals surface area contributed by atoms with Crippen LogP contribution in [0.15, 0.2) is 0 Å². The van der Waals surface area contributed by atoms with Gasteiger partial charge in [-0.3, -0.25) is 9.80 Å². The van der Waals surface area contributed by atoms with Gasteiger partial charge in [-0.1, -0.05) is 0 Å². The van der Waals surface area contributed by atoms with Crippen molar-refractivity contribution in [1.82, 2.24) is 20.0 Å². The summed E-state index contributed by atoms with van der Waals surface area (Å²) in [7, 11) is 2.24. The first-order valence-electron chi connectivity index (χ1n) is 8.53. The highest BCUT2D eigenvalue weighted by Gasteiger charge is 2.40. The summed E-state index contributed by atoms with van der Waals surface area (Å²) < 4.78 is 0. The zero-order chi connectivity index (χ0) is 14.0. The third-order valence-corrected chi connectivity index (χ3v) is 5.87. The summed E-state index contributed by atoms with van der Waals surface area (Å²) in [5.41, 5.74) is 0.654. The molecule has 1 atom stereocenters. The molecule has 1 spiro atoms. The highest BCUT2D eigenvalue weighted by atomic mass is 15.3. The molecule has 20 heavy (non-hydrogen) atoms. The number of hydrogen-bond donors (Lipinski definition) is 1. The molecular weight excluding hydrogens is 248 g/mol. The van der Waals surface area contributed by atoms with Gasteiger partial charge >= 0.3 is 0 Å². The van der Waals surface area contributed by atoms with E-state index in [9.17, 15) is 0 Å². The molecular formula is C16H32N4. The van der Waals surface area contributed by atoms with Crippen LogP contribution in [0.4, 0.5) is 0 Å². The van der Waals surface area contributed by atoms with Crippen LogP contribution in [-0.2, 0) is 0 Å². The molecule has 3 aliphatic heterocycles. The molecule has 0 radical (unpaired) electrons. The molecule has 3 heterocycles. The highest BCUT2D eigenvalue weighted by Crippen LogP contribution is 2.39. The van der Waals surface area contributed by atoms with Crippen molar-refractivity contribution in [2.45, 2.75) is 32.2 Å². The normalized spacial score (nSPS) is 30.9. The largest absolute Gasteiger partial charge is 0.317 e. The summed E-state index contributed by atoms with van der Waals surface area (Å²) >= 11 is 0. The molecule has 0 saturated carbocycles. The summed E-state index contributed by atoms with van der Waals surface area (Å²) in [6.07, 6.45) is 4.22. The maximum Gasteiger partial charge on any atom is 0.0195 e. The van der Waals surface area contributed by atoms with Crippen molar-refractivity contribution in [2.75, 3.05) is 66.0 Å². The van der Waals surface area contributed by atoms with E-state index in [-0.39, 0.29) is 0 Å². The molecule has 3 saturated heterocycles. The summed E-state index contributed by atoms with van der Waals surface area (Å²) in [6.45, 7) is 13.8. The fraction of sp³-hybridized carbons (Fsp3) is 1.00. The van der Waals surface area contributed by atoms with Crippen LogP contribution in [0.1, 0.15) is 26.2 Å². The van der Waals surface area contributed by atoms with Crippen LogP contribution in [0.3, 0.4) is 0 Å². The van der Waals surface area contributed by atoms with Crippen molar-refractivity contribution in [3.63, 3.8) is 0 Å². The van der Waals surface area contributed by atoms with Crippen LogP contribution in [0.5, 0.6) is 0 Å². The lowest BCUT2D eigenvalue weighted by molar-refractivity contribution is 0.106. The number of hydrogen-bond acceptors (Lipinski definition) is 4. The third kappa shape index (κ3) is 3.35. The van der Waals surface area contributed by atoms with Crippen LogP contribution < -0.4 is 5.32 Å². The lowest BCUT2D eigenvalue weighted by atomic mass is 9.78. The van der Waals surface area contributed by atoms with Crippen molar-refractivity contribution in [2.24, 2.45) is 5.41 Å². The minimum Gasteiger partial charge on any atom is -0.317 e. The summed E-state index contributed by atoms with van der Waals surface area (Å²) in [6, 6.07) is 0.729. The molecule has 4 nitrogen and oxygen atoms in total. The Morgan fingerprint density at radius 1 is 1.00 bits per heavy atom. The lowest BCUT2D eigenvalue weighted by Crippen LogP contribution is -2.50. The van der Waals surface area contributed by atoms with Gasteiger partial charge in [0.25, 0.3) is 0 Å². The van der Waals surface area contributed by atoms with E-state index in [1.54, 1.807) is 0 Å². The Morgan fingerprint density at radius 3 is 2.40 bits per heavy atom. The van der Waals surface area contributed by atoms with Gasteiger partial charge in [0.05, 0.1) is 0 Å². The average Bonchev–Trinajstić information content (AvgIpc) is 2.86. The van der Waals surface area contributed by atoms with E-state index in [2.05, 4.69) is 34.0 Å². The number of piperazine rings is 1. The summed E-state index contributed by atoms with van der Waals surface area (Å²) in [5, 5.41) is 3.52. The Hall–Kier alpha value is -0.160. The fourth-order valence-corrected chi connectivity index (χ4v) is 4.23. The Bertz CT molecular complexity index is 306. The topological polar surface area (TPSA) is 21.8 Å². The van der Waals surface area contributed by atoms with E-state index >= 15 is 0 Å². The average molecular weight is 280 g/mol. The highest BCUT2D eigenvalue weighted by molar-refractivity contribution is 4.95. The number of rotatable bonds is 3. The minimum atomic E-state index is 0.654. The van der Waals surface area contributed by atoms with Crippen molar-refractivity contribution in [1.29, 1.82) is 0 Å². The first-order chi connectivity index (χ1) is 9.67. The second-order valence-electron chi connectivity index (χ2n) is 7.42. The van der Waals surface area contributed by atoms with E-state index in [0.29, 0.717) is 5.41 Å². The maximum absolute atomic E-state index is 3.52. The zero-order valence-corrected chi connectivity index (χ0v) is 13.4. The van der Waals surface area contributed by atoms with Crippen molar-refractivity contribution in [3.05, 3.63) is 0 Å². The van der Waals surface area contributed by atoms with E-state index in [1.807, 2.05) is 0 Å². The number of nitrogens with one attached hydrogen (secondary N) is 1. The Balaban J connectivity index is 1.47. The molecule has 4 heteroatoms. The fourth-order valence-electron chi connectivity index (χ4n) is 4.23. The smallest absolute Gasteiger partial charge is 0.0195 e. The molecule has 3 rings (SSSR count). The van der Waals surface area contributed by atoms with Gasteiger partial charge in [-0.25, -0.2) is 0 Å². The first-order valence-corrected chi connectivity index (χ1v) is 8.53. The minimum absolute atomic E-state index is 0.654. The predicted octanol–water partition coefficient (Wildman–Crippen LogP) is 0.698. The molecule has 0 unspecified atom stereocenters. The van der Waals surface area contributed by atoms with Crippen LogP contribution >= 0.6 is 0 Å². The Labute approximate surface area is 124 Å². The molecule has 0 aromatic carbocycles. The van der Waals surface area contributed by atoms with E-state index in [1.165, 1.54) is 78.2 Å². The standard InChI is InChI=1S/C16H32N4/c1-15(13-19-11-9-18(2)10-12-19)20-8-5-16(14-20)3-6-17-7-4-16/h15,17H,3-14H2,1-2H3/t15-/m0/s1. The van der Waals surface area contributed by atoms with Gasteiger partial charge < -0.3 is 10.2 Å². The van der Waals surface area contributed by atoms with Crippen LogP contribution in [0, 0.1) is 5.41 Å². The van der Waals surface area contributed by atoms with Crippen molar-refractivity contribution < 1.29 is 0 Å². The molecule has 3 fully saturated rings. The molecule has 0 aromatic rings. The van der Waals surface area contributed by atoms with E-state index in [0.717, 1.165) is 6.04 Å². The number of piperidine rings is 1. The molecule has 1 N–H and O–H groups in total. The van der Waals surface area contributed by atoms with Crippen LogP contribution in [0.2, 0.25) is 0 Å². The predicted molar refractivity (Wildman–Crippen MR) is 84.1 cm³/mol. The number of likely N-dealkylation sites (tertiary alicyclic amines) is 1. The zero-order valence-electron chi connectivity index (χ0n) is 13.4. The lowest BCUT2D eigenvalue weighted by Gasteiger charge is -2.38. The van der Waals surface area contributed by atoms with Crippen LogP contribution in [-0.4, -0.2) is 86.7 Å². The summed E-state index contributed by atoms with van der Waals surface area (Å²) in [5.74, 6) is 0. The van der Waals surface area contributed by atoms with Gasteiger partial charge in [-0.05, 0) is 58.3 Å².